The van der Waals surface area contributed by atoms with Crippen molar-refractivity contribution in [1.82, 2.24) is 10.0 Å². The summed E-state index contributed by atoms with van der Waals surface area (Å²) in [6.45, 7) is 2.02. The van der Waals surface area contributed by atoms with E-state index in [2.05, 4.69) is 10.0 Å². The van der Waals surface area contributed by atoms with E-state index < -0.39 is 40.4 Å². The van der Waals surface area contributed by atoms with Crippen molar-refractivity contribution in [2.75, 3.05) is 19.7 Å². The molecular weight excluding hydrogens is 702 g/mol. The first-order chi connectivity index (χ1) is 23.3. The Hall–Kier alpha value is -4.88. The Morgan fingerprint density at radius 3 is 1.92 bits per heavy atom. The van der Waals surface area contributed by atoms with Crippen molar-refractivity contribution in [1.29, 1.82) is 5.41 Å². The van der Waals surface area contributed by atoms with Crippen LogP contribution in [0, 0.1) is 5.41 Å². The summed E-state index contributed by atoms with van der Waals surface area (Å²) in [7, 11) is -3.75. The minimum atomic E-state index is -5.08. The first kappa shape index (κ1) is 41.3. The zero-order valence-electron chi connectivity index (χ0n) is 26.0. The van der Waals surface area contributed by atoms with Crippen molar-refractivity contribution in [3.8, 4) is 11.5 Å². The van der Waals surface area contributed by atoms with Crippen LogP contribution in [0.25, 0.3) is 0 Å². The Bertz CT molecular complexity index is 1630. The molecule has 0 radical (unpaired) electrons. The van der Waals surface area contributed by atoms with Crippen LogP contribution < -0.4 is 25.2 Å². The maximum atomic E-state index is 13.0. The Morgan fingerprint density at radius 1 is 0.880 bits per heavy atom. The van der Waals surface area contributed by atoms with E-state index >= 15 is 0 Å². The van der Waals surface area contributed by atoms with E-state index in [9.17, 15) is 34.8 Å². The first-order valence-corrected chi connectivity index (χ1v) is 16.0. The van der Waals surface area contributed by atoms with E-state index in [0.29, 0.717) is 17.7 Å². The van der Waals surface area contributed by atoms with Crippen LogP contribution in [0.4, 0.5) is 26.3 Å². The van der Waals surface area contributed by atoms with Gasteiger partial charge in [-0.2, -0.15) is 26.3 Å². The maximum absolute atomic E-state index is 13.0. The Labute approximate surface area is 282 Å². The highest BCUT2D eigenvalue weighted by atomic mass is 32.2. The minimum Gasteiger partial charge on any atom is -0.492 e. The van der Waals surface area contributed by atoms with Crippen LogP contribution in [-0.2, 0) is 26.0 Å². The highest BCUT2D eigenvalue weighted by Gasteiger charge is 2.38. The predicted molar refractivity (Wildman–Crippen MR) is 168 cm³/mol. The lowest BCUT2D eigenvalue weighted by molar-refractivity contribution is -0.193. The number of hydrogen-bond donors (Lipinski definition) is 6. The summed E-state index contributed by atoms with van der Waals surface area (Å²) in [5.41, 5.74) is 7.08. The highest BCUT2D eigenvalue weighted by molar-refractivity contribution is 7.89. The smallest absolute Gasteiger partial charge is 0.490 e. The van der Waals surface area contributed by atoms with Gasteiger partial charge in [0.2, 0.25) is 10.0 Å². The molecule has 0 unspecified atom stereocenters. The van der Waals surface area contributed by atoms with Gasteiger partial charge < -0.3 is 30.7 Å². The molecule has 0 bridgehead atoms. The summed E-state index contributed by atoms with van der Waals surface area (Å²) in [4.78, 5) is 18.0. The third-order valence-electron chi connectivity index (χ3n) is 6.45. The fourth-order valence-corrected chi connectivity index (χ4v) is 5.31. The first-order valence-electron chi connectivity index (χ1n) is 14.5. The lowest BCUT2D eigenvalue weighted by Crippen LogP contribution is -2.40. The zero-order chi connectivity index (χ0) is 37.5. The molecule has 19 heteroatoms. The molecule has 7 N–H and O–H groups in total. The summed E-state index contributed by atoms with van der Waals surface area (Å²) < 4.78 is 104. The average Bonchev–Trinajstić information content (AvgIpc) is 3.05. The molecule has 0 aliphatic carbocycles. The number of carbonyl (C=O) groups is 2. The van der Waals surface area contributed by atoms with Crippen LogP contribution in [0.3, 0.4) is 0 Å². The van der Waals surface area contributed by atoms with Crippen molar-refractivity contribution in [3.05, 3.63) is 90.0 Å². The number of alkyl halides is 6. The number of nitrogen functional groups attached to an aromatic ring is 1. The summed E-state index contributed by atoms with van der Waals surface area (Å²) in [6.07, 6.45) is -7.58. The van der Waals surface area contributed by atoms with E-state index in [0.717, 1.165) is 37.2 Å². The van der Waals surface area contributed by atoms with E-state index in [1.807, 2.05) is 24.3 Å². The molecule has 1 aliphatic rings. The number of halogens is 6. The van der Waals surface area contributed by atoms with Crippen LogP contribution in [0.2, 0.25) is 0 Å². The van der Waals surface area contributed by atoms with Crippen molar-refractivity contribution < 1.29 is 64.0 Å². The second-order valence-corrected chi connectivity index (χ2v) is 12.1. The van der Waals surface area contributed by atoms with Gasteiger partial charge >= 0.3 is 24.3 Å². The fraction of sp³-hybridized carbons (Fsp3) is 0.323. The summed E-state index contributed by atoms with van der Waals surface area (Å²) in [5.74, 6) is -4.25. The minimum absolute atomic E-state index is 0.0615. The van der Waals surface area contributed by atoms with Crippen LogP contribution >= 0.6 is 0 Å². The number of carboxylic acids is 2. The molecule has 0 amide bonds. The SMILES string of the molecule is N=C(N)c1cccc(OC[C@@H](Cc2ccc(OC3CCNCC3)cc2)NS(=O)(=O)c2ccccc2)c1.O=C(O)C(F)(F)F.O=C(O)C(F)(F)F. The van der Waals surface area contributed by atoms with E-state index in [4.69, 9.17) is 40.4 Å². The van der Waals surface area contributed by atoms with Gasteiger partial charge in [0.1, 0.15) is 30.0 Å². The molecular formula is C31H34F6N4O8S. The Kier molecular flexibility index (Phi) is 15.5. The van der Waals surface area contributed by atoms with Gasteiger partial charge in [-0.3, -0.25) is 5.41 Å². The van der Waals surface area contributed by atoms with Crippen LogP contribution in [0.15, 0.2) is 83.8 Å². The Balaban J connectivity index is 0.000000521. The number of rotatable bonds is 11. The lowest BCUT2D eigenvalue weighted by Gasteiger charge is -2.24. The van der Waals surface area contributed by atoms with Crippen LogP contribution in [0.5, 0.6) is 11.5 Å². The van der Waals surface area contributed by atoms with Gasteiger partial charge in [0.15, 0.2) is 0 Å². The van der Waals surface area contributed by atoms with Crippen molar-refractivity contribution in [2.24, 2.45) is 5.73 Å². The number of piperidine rings is 1. The van der Waals surface area contributed by atoms with Gasteiger partial charge in [0.25, 0.3) is 0 Å². The van der Waals surface area contributed by atoms with Gasteiger partial charge in [-0.25, -0.2) is 22.7 Å². The third kappa shape index (κ3) is 15.1. The molecule has 3 aromatic carbocycles. The number of nitrogens with one attached hydrogen (secondary N) is 3. The molecule has 1 atom stereocenters. The predicted octanol–water partition coefficient (Wildman–Crippen LogP) is 4.34. The van der Waals surface area contributed by atoms with Gasteiger partial charge in [0.05, 0.1) is 10.9 Å². The number of aliphatic carboxylic acids is 2. The quantitative estimate of drug-likeness (QED) is 0.0935. The molecule has 1 aliphatic heterocycles. The van der Waals surface area contributed by atoms with Crippen molar-refractivity contribution in [3.63, 3.8) is 0 Å². The normalized spacial score (nSPS) is 14.1. The molecule has 1 fully saturated rings. The molecule has 1 heterocycles. The topological polar surface area (TPSA) is 201 Å². The van der Waals surface area contributed by atoms with Crippen molar-refractivity contribution >= 4 is 27.8 Å². The molecule has 4 rings (SSSR count). The fourth-order valence-electron chi connectivity index (χ4n) is 4.07. The molecule has 1 saturated heterocycles. The van der Waals surface area contributed by atoms with Crippen molar-refractivity contribution in [2.45, 2.75) is 48.7 Å². The van der Waals surface area contributed by atoms with Gasteiger partial charge in [-0.15, -0.1) is 0 Å². The Morgan fingerprint density at radius 2 is 1.42 bits per heavy atom. The molecule has 0 spiro atoms. The number of sulfonamides is 1. The number of hydrogen-bond acceptors (Lipinski definition) is 8. The maximum Gasteiger partial charge on any atom is 0.490 e. The molecule has 12 nitrogen and oxygen atoms in total. The number of benzene rings is 3. The highest BCUT2D eigenvalue weighted by Crippen LogP contribution is 2.20. The summed E-state index contributed by atoms with van der Waals surface area (Å²) in [5, 5.41) is 25.2. The number of carboxylic acid groups (broad SMARTS) is 2. The summed E-state index contributed by atoms with van der Waals surface area (Å²) in [6, 6.07) is 22.4. The number of nitrogens with two attached hydrogens (primary N) is 1. The number of amidine groups is 1. The van der Waals surface area contributed by atoms with Gasteiger partial charge in [-0.05, 0) is 74.3 Å². The monoisotopic (exact) mass is 736 g/mol. The lowest BCUT2D eigenvalue weighted by atomic mass is 10.1. The molecule has 0 saturated carbocycles. The van der Waals surface area contributed by atoms with Crippen LogP contribution in [-0.4, -0.2) is 80.6 Å². The number of ether oxygens (including phenoxy) is 2. The van der Waals surface area contributed by atoms with E-state index in [1.54, 1.807) is 54.6 Å². The van der Waals surface area contributed by atoms with Crippen LogP contribution in [0.1, 0.15) is 24.0 Å². The molecule has 0 aromatic heterocycles. The van der Waals surface area contributed by atoms with E-state index in [-0.39, 0.29) is 23.4 Å². The average molecular weight is 737 g/mol. The zero-order valence-corrected chi connectivity index (χ0v) is 26.8. The molecule has 3 aromatic rings. The van der Waals surface area contributed by atoms with E-state index in [1.165, 1.54) is 0 Å². The van der Waals surface area contributed by atoms with Gasteiger partial charge in [0, 0.05) is 5.56 Å². The summed E-state index contributed by atoms with van der Waals surface area (Å²) >= 11 is 0. The molecule has 274 valence electrons. The second kappa shape index (κ2) is 18.8. The largest absolute Gasteiger partial charge is 0.492 e. The second-order valence-electron chi connectivity index (χ2n) is 10.4. The van der Waals surface area contributed by atoms with Gasteiger partial charge in [-0.1, -0.05) is 42.5 Å². The molecule has 50 heavy (non-hydrogen) atoms. The standard InChI is InChI=1S/C27H32N4O4S.2C2HF3O2/c28-27(29)21-5-4-6-25(18-21)34-19-22(31-36(32,33)26-7-2-1-3-8-26)17-20-9-11-23(12-10-20)35-24-13-15-30-16-14-24;2*3-2(4,5)1(6)7/h1-12,18,22,24,30-31H,13-17,19H2,(H3,28,29);2*(H,6,7)/t22-;;/m1../s1. The third-order valence-corrected chi connectivity index (χ3v) is 7.99.